The van der Waals surface area contributed by atoms with Crippen LogP contribution in [0.1, 0.15) is 107 Å². The van der Waals surface area contributed by atoms with Crippen molar-refractivity contribution in [1.29, 1.82) is 0 Å². The van der Waals surface area contributed by atoms with E-state index in [1.54, 1.807) is 0 Å². The lowest BCUT2D eigenvalue weighted by atomic mass is 9.95. The molecule has 0 aromatic heterocycles. The second-order valence-electron chi connectivity index (χ2n) is 11.1. The summed E-state index contributed by atoms with van der Waals surface area (Å²) in [4.78, 5) is 24.8. The van der Waals surface area contributed by atoms with Crippen molar-refractivity contribution in [3.8, 4) is 0 Å². The first-order chi connectivity index (χ1) is 14.9. The van der Waals surface area contributed by atoms with Gasteiger partial charge in [-0.2, -0.15) is 0 Å². The van der Waals surface area contributed by atoms with Gasteiger partial charge in [0.2, 0.25) is 0 Å². The second kappa shape index (κ2) is 14.6. The molecule has 2 atom stereocenters. The summed E-state index contributed by atoms with van der Waals surface area (Å²) in [5, 5.41) is 0. The lowest BCUT2D eigenvalue weighted by Crippen LogP contribution is -2.34. The molecule has 0 radical (unpaired) electrons. The van der Waals surface area contributed by atoms with Gasteiger partial charge in [0.25, 0.3) is 0 Å². The van der Waals surface area contributed by atoms with E-state index in [-0.39, 0.29) is 24.4 Å². The molecule has 0 aromatic rings. The van der Waals surface area contributed by atoms with E-state index < -0.39 is 12.3 Å². The number of carbonyl (C=O) groups is 2. The maximum Gasteiger partial charge on any atom is 0.508 e. The minimum absolute atomic E-state index is 0.132. The first kappa shape index (κ1) is 28.6. The van der Waals surface area contributed by atoms with Gasteiger partial charge in [-0.3, -0.25) is 0 Å². The van der Waals surface area contributed by atoms with Crippen LogP contribution in [-0.4, -0.2) is 36.7 Å². The number of hydrogen-bond acceptors (Lipinski definition) is 6. The molecule has 0 heterocycles. The Morgan fingerprint density at radius 3 is 1.22 bits per heavy atom. The van der Waals surface area contributed by atoms with E-state index in [0.29, 0.717) is 30.1 Å². The Balaban J connectivity index is 2.52. The van der Waals surface area contributed by atoms with E-state index in [9.17, 15) is 9.59 Å². The minimum Gasteiger partial charge on any atom is -0.431 e. The van der Waals surface area contributed by atoms with Crippen LogP contribution in [0.3, 0.4) is 0 Å². The van der Waals surface area contributed by atoms with Crippen LogP contribution in [0.5, 0.6) is 0 Å². The summed E-state index contributed by atoms with van der Waals surface area (Å²) in [6, 6.07) is 0. The van der Waals surface area contributed by atoms with Crippen LogP contribution < -0.4 is 0 Å². The number of hydrogen-bond donors (Lipinski definition) is 0. The topological polar surface area (TPSA) is 71.1 Å². The molecule has 32 heavy (non-hydrogen) atoms. The van der Waals surface area contributed by atoms with E-state index >= 15 is 0 Å². The molecule has 6 heteroatoms. The lowest BCUT2D eigenvalue weighted by Gasteiger charge is -2.29. The predicted octanol–water partition coefficient (Wildman–Crippen LogP) is 7.53. The Labute approximate surface area is 196 Å². The zero-order valence-electron chi connectivity index (χ0n) is 21.7. The third-order valence-corrected chi connectivity index (χ3v) is 5.57. The van der Waals surface area contributed by atoms with Crippen molar-refractivity contribution in [2.75, 3.05) is 0 Å². The van der Waals surface area contributed by atoms with Crippen molar-refractivity contribution in [3.05, 3.63) is 0 Å². The zero-order valence-corrected chi connectivity index (χ0v) is 21.7. The van der Waals surface area contributed by atoms with Crippen molar-refractivity contribution in [3.63, 3.8) is 0 Å². The average Bonchev–Trinajstić information content (AvgIpc) is 2.59. The highest BCUT2D eigenvalue weighted by Gasteiger charge is 2.30. The number of carbonyl (C=O) groups excluding carboxylic acids is 2. The molecule has 0 saturated heterocycles. The van der Waals surface area contributed by atoms with Gasteiger partial charge in [-0.25, -0.2) is 9.59 Å². The fourth-order valence-electron chi connectivity index (χ4n) is 4.40. The molecular weight excluding hydrogens is 408 g/mol. The summed E-state index contributed by atoms with van der Waals surface area (Å²) in [6.07, 6.45) is 4.04. The molecule has 0 N–H and O–H groups in total. The molecule has 188 valence electrons. The Bertz CT molecular complexity index is 476. The lowest BCUT2D eigenvalue weighted by molar-refractivity contribution is -0.0548. The first-order valence-corrected chi connectivity index (χ1v) is 12.7. The van der Waals surface area contributed by atoms with Crippen molar-refractivity contribution >= 4 is 12.3 Å². The summed E-state index contributed by atoms with van der Waals surface area (Å²) in [5.74, 6) is 1.78. The summed E-state index contributed by atoms with van der Waals surface area (Å²) in [5.41, 5.74) is 0. The Kier molecular flexibility index (Phi) is 13.1. The molecule has 1 fully saturated rings. The number of ether oxygens (including phenoxy) is 4. The van der Waals surface area contributed by atoms with Gasteiger partial charge in [0.15, 0.2) is 0 Å². The maximum atomic E-state index is 12.4. The highest BCUT2D eigenvalue weighted by molar-refractivity contribution is 5.61. The standard InChI is InChI=1S/C26H48O6/c1-17(2)12-23(13-18(3)4)31-25(27)29-21-10-9-11-22(16-21)30-26(28)32-24(14-19(5)6)15-20(7)8/h17-24H,9-16H2,1-8H3. The minimum atomic E-state index is -0.613. The Hall–Kier alpha value is -1.46. The molecule has 1 rings (SSSR count). The van der Waals surface area contributed by atoms with Crippen molar-refractivity contribution in [2.45, 2.75) is 131 Å². The van der Waals surface area contributed by atoms with E-state index in [1.807, 2.05) is 0 Å². The van der Waals surface area contributed by atoms with E-state index in [2.05, 4.69) is 55.4 Å². The van der Waals surface area contributed by atoms with E-state index in [4.69, 9.17) is 18.9 Å². The van der Waals surface area contributed by atoms with Crippen molar-refractivity contribution in [2.24, 2.45) is 23.7 Å². The van der Waals surface area contributed by atoms with Gasteiger partial charge in [0.1, 0.15) is 24.4 Å². The van der Waals surface area contributed by atoms with Gasteiger partial charge in [-0.05, 0) is 68.6 Å². The molecule has 1 saturated carbocycles. The quantitative estimate of drug-likeness (QED) is 0.283. The molecule has 0 amide bonds. The SMILES string of the molecule is CC(C)CC(CC(C)C)OC(=O)OC1CCCC(OC(=O)OC(CC(C)C)CC(C)C)C1. The van der Waals surface area contributed by atoms with Crippen LogP contribution in [0, 0.1) is 23.7 Å². The smallest absolute Gasteiger partial charge is 0.431 e. The molecule has 1 aliphatic carbocycles. The van der Waals surface area contributed by atoms with Crippen LogP contribution in [0.2, 0.25) is 0 Å². The molecular formula is C26H48O6. The van der Waals surface area contributed by atoms with Gasteiger partial charge in [0, 0.05) is 6.42 Å². The van der Waals surface area contributed by atoms with Gasteiger partial charge < -0.3 is 18.9 Å². The summed E-state index contributed by atoms with van der Waals surface area (Å²) >= 11 is 0. The second-order valence-corrected chi connectivity index (χ2v) is 11.1. The van der Waals surface area contributed by atoms with Gasteiger partial charge in [0.05, 0.1) is 0 Å². The van der Waals surface area contributed by atoms with Crippen LogP contribution in [0.25, 0.3) is 0 Å². The monoisotopic (exact) mass is 456 g/mol. The molecule has 0 spiro atoms. The highest BCUT2D eigenvalue weighted by Crippen LogP contribution is 2.26. The molecule has 2 unspecified atom stereocenters. The third-order valence-electron chi connectivity index (χ3n) is 5.57. The Morgan fingerprint density at radius 1 is 0.625 bits per heavy atom. The molecule has 6 nitrogen and oxygen atoms in total. The van der Waals surface area contributed by atoms with Crippen LogP contribution >= 0.6 is 0 Å². The summed E-state index contributed by atoms with van der Waals surface area (Å²) < 4.78 is 22.4. The van der Waals surface area contributed by atoms with E-state index in [0.717, 1.165) is 44.9 Å². The van der Waals surface area contributed by atoms with Crippen LogP contribution in [-0.2, 0) is 18.9 Å². The fourth-order valence-corrected chi connectivity index (χ4v) is 4.40. The van der Waals surface area contributed by atoms with Gasteiger partial charge >= 0.3 is 12.3 Å². The van der Waals surface area contributed by atoms with Crippen LogP contribution in [0.15, 0.2) is 0 Å². The van der Waals surface area contributed by atoms with Crippen molar-refractivity contribution in [1.82, 2.24) is 0 Å². The first-order valence-electron chi connectivity index (χ1n) is 12.7. The number of rotatable bonds is 12. The molecule has 0 bridgehead atoms. The third kappa shape index (κ3) is 13.2. The Morgan fingerprint density at radius 2 is 0.938 bits per heavy atom. The van der Waals surface area contributed by atoms with Gasteiger partial charge in [-0.15, -0.1) is 0 Å². The average molecular weight is 457 g/mol. The zero-order chi connectivity index (χ0) is 24.3. The summed E-state index contributed by atoms with van der Waals surface area (Å²) in [6.45, 7) is 17.0. The molecule has 1 aliphatic rings. The van der Waals surface area contributed by atoms with Gasteiger partial charge in [-0.1, -0.05) is 55.4 Å². The molecule has 0 aliphatic heterocycles. The molecule has 0 aromatic carbocycles. The fraction of sp³-hybridized carbons (Fsp3) is 0.923. The summed E-state index contributed by atoms with van der Waals surface area (Å²) in [7, 11) is 0. The normalized spacial score (nSPS) is 19.3. The highest BCUT2D eigenvalue weighted by atomic mass is 16.7. The van der Waals surface area contributed by atoms with E-state index in [1.165, 1.54) is 0 Å². The maximum absolute atomic E-state index is 12.4. The van der Waals surface area contributed by atoms with Crippen molar-refractivity contribution < 1.29 is 28.5 Å². The largest absolute Gasteiger partial charge is 0.508 e. The van der Waals surface area contributed by atoms with Crippen LogP contribution in [0.4, 0.5) is 9.59 Å². The predicted molar refractivity (Wildman–Crippen MR) is 127 cm³/mol.